The molecule has 2 aliphatic rings. The average molecular weight is 427 g/mol. The number of unbranched alkanes of at least 4 members (excludes halogenated alkanes) is 9. The molecule has 0 aliphatic carbocycles. The Morgan fingerprint density at radius 2 is 1.30 bits per heavy atom. The van der Waals surface area contributed by atoms with Crippen LogP contribution in [0, 0.1) is 5.92 Å². The summed E-state index contributed by atoms with van der Waals surface area (Å²) in [5.41, 5.74) is 0. The zero-order chi connectivity index (χ0) is 22.4. The van der Waals surface area contributed by atoms with Crippen molar-refractivity contribution in [2.24, 2.45) is 5.92 Å². The summed E-state index contributed by atoms with van der Waals surface area (Å²) in [6, 6.07) is 0. The number of rotatable bonds is 12. The molecule has 2 aliphatic heterocycles. The van der Waals surface area contributed by atoms with Crippen LogP contribution < -0.4 is 0 Å². The monoisotopic (exact) mass is 426 g/mol. The van der Waals surface area contributed by atoms with E-state index in [-0.39, 0.29) is 24.3 Å². The van der Waals surface area contributed by atoms with Crippen LogP contribution in [0.2, 0.25) is 0 Å². The Morgan fingerprint density at radius 3 is 1.73 bits per heavy atom. The fourth-order valence-electron chi connectivity index (χ4n) is 3.36. The second-order valence-corrected chi connectivity index (χ2v) is 7.76. The van der Waals surface area contributed by atoms with E-state index in [1.807, 2.05) is 0 Å². The van der Waals surface area contributed by atoms with Crippen LogP contribution in [0.3, 0.4) is 0 Å². The molecule has 2 saturated heterocycles. The van der Waals surface area contributed by atoms with Gasteiger partial charge in [-0.1, -0.05) is 71.1 Å². The molecule has 0 radical (unpaired) electrons. The highest BCUT2D eigenvalue weighted by molar-refractivity contribution is 5.97. The highest BCUT2D eigenvalue weighted by Gasteiger charge is 2.35. The third-order valence-electron chi connectivity index (χ3n) is 5.00. The molecule has 0 aromatic heterocycles. The van der Waals surface area contributed by atoms with Gasteiger partial charge in [-0.15, -0.1) is 0 Å². The molecule has 0 bridgehead atoms. The van der Waals surface area contributed by atoms with Crippen LogP contribution in [0.5, 0.6) is 0 Å². The van der Waals surface area contributed by atoms with Gasteiger partial charge in [0.15, 0.2) is 0 Å². The van der Waals surface area contributed by atoms with Crippen LogP contribution in [0.15, 0.2) is 0 Å². The largest absolute Gasteiger partial charge is 0.450 e. The quantitative estimate of drug-likeness (QED) is 0.200. The van der Waals surface area contributed by atoms with Gasteiger partial charge in [0.1, 0.15) is 0 Å². The van der Waals surface area contributed by atoms with Gasteiger partial charge in [0.25, 0.3) is 0 Å². The molecule has 8 nitrogen and oxygen atoms in total. The van der Waals surface area contributed by atoms with E-state index in [0.717, 1.165) is 19.8 Å². The number of esters is 5. The van der Waals surface area contributed by atoms with Gasteiger partial charge in [0.05, 0.1) is 18.8 Å². The zero-order valence-electron chi connectivity index (χ0n) is 18.1. The van der Waals surface area contributed by atoms with Gasteiger partial charge in [-0.2, -0.15) is 0 Å². The smallest absolute Gasteiger partial charge is 0.355 e. The van der Waals surface area contributed by atoms with E-state index in [4.69, 9.17) is 0 Å². The molecule has 0 aromatic carbocycles. The van der Waals surface area contributed by atoms with Crippen molar-refractivity contribution in [3.05, 3.63) is 0 Å². The first kappa shape index (κ1) is 25.8. The second kappa shape index (κ2) is 14.7. The highest BCUT2D eigenvalue weighted by atomic mass is 16.6. The molecule has 8 heteroatoms. The maximum Gasteiger partial charge on any atom is 0.355 e. The van der Waals surface area contributed by atoms with Crippen molar-refractivity contribution in [1.82, 2.24) is 0 Å². The minimum Gasteiger partial charge on any atom is -0.450 e. The van der Waals surface area contributed by atoms with E-state index in [9.17, 15) is 24.0 Å². The van der Waals surface area contributed by atoms with Gasteiger partial charge in [0, 0.05) is 6.92 Å². The van der Waals surface area contributed by atoms with Crippen LogP contribution in [0.25, 0.3) is 0 Å². The van der Waals surface area contributed by atoms with Crippen LogP contribution in [-0.4, -0.2) is 36.0 Å². The molecular formula is C22H34O8. The Balaban J connectivity index is 0.000000346. The van der Waals surface area contributed by atoms with E-state index >= 15 is 0 Å². The minimum absolute atomic E-state index is 0.151. The lowest BCUT2D eigenvalue weighted by atomic mass is 9.99. The minimum atomic E-state index is -1.03. The number of carbonyl (C=O) groups excluding carboxylic acids is 5. The van der Waals surface area contributed by atoms with Crippen LogP contribution in [0.4, 0.5) is 0 Å². The average Bonchev–Trinajstić information content (AvgIpc) is 3.16. The van der Waals surface area contributed by atoms with Crippen molar-refractivity contribution in [3.8, 4) is 0 Å². The summed E-state index contributed by atoms with van der Waals surface area (Å²) in [6.45, 7) is 3.41. The Hall–Kier alpha value is -2.25. The summed E-state index contributed by atoms with van der Waals surface area (Å²) in [6.07, 6.45) is 12.9. The predicted octanol–water partition coefficient (Wildman–Crippen LogP) is 3.78. The maximum absolute atomic E-state index is 11.2. The molecule has 0 aromatic rings. The van der Waals surface area contributed by atoms with Gasteiger partial charge in [0.2, 0.25) is 6.10 Å². The lowest BCUT2D eigenvalue weighted by molar-refractivity contribution is -0.161. The molecular weight excluding hydrogens is 392 g/mol. The Bertz CT molecular complexity index is 598. The summed E-state index contributed by atoms with van der Waals surface area (Å²) in [5.74, 6) is -2.84. The van der Waals surface area contributed by atoms with E-state index in [1.54, 1.807) is 0 Å². The number of hydrogen-bond donors (Lipinski definition) is 0. The van der Waals surface area contributed by atoms with Gasteiger partial charge in [-0.3, -0.25) is 19.2 Å². The lowest BCUT2D eigenvalue weighted by Gasteiger charge is -2.04. The van der Waals surface area contributed by atoms with Crippen molar-refractivity contribution in [3.63, 3.8) is 0 Å². The van der Waals surface area contributed by atoms with Gasteiger partial charge in [-0.05, 0) is 6.42 Å². The lowest BCUT2D eigenvalue weighted by Crippen LogP contribution is -2.20. The first-order chi connectivity index (χ1) is 14.3. The SMILES string of the molecule is CC(=O)O[C@H]1CC(=O)OC1=O.CCCCCCCCCCCCC1CC(=O)OC1=O. The van der Waals surface area contributed by atoms with Crippen LogP contribution in [-0.2, 0) is 38.2 Å². The first-order valence-electron chi connectivity index (χ1n) is 11.0. The molecule has 1 unspecified atom stereocenters. The fraction of sp³-hybridized carbons (Fsp3) is 0.773. The molecule has 2 fully saturated rings. The summed E-state index contributed by atoms with van der Waals surface area (Å²) >= 11 is 0. The number of carbonyl (C=O) groups is 5. The molecule has 2 atom stereocenters. The van der Waals surface area contributed by atoms with Crippen molar-refractivity contribution >= 4 is 29.8 Å². The third kappa shape index (κ3) is 11.1. The molecule has 170 valence electrons. The van der Waals surface area contributed by atoms with E-state index in [1.165, 1.54) is 57.8 Å². The van der Waals surface area contributed by atoms with E-state index in [2.05, 4.69) is 21.1 Å². The topological polar surface area (TPSA) is 113 Å². The predicted molar refractivity (Wildman–Crippen MR) is 107 cm³/mol. The van der Waals surface area contributed by atoms with Crippen molar-refractivity contribution in [2.75, 3.05) is 0 Å². The number of cyclic esters (lactones) is 4. The highest BCUT2D eigenvalue weighted by Crippen LogP contribution is 2.22. The van der Waals surface area contributed by atoms with Crippen LogP contribution >= 0.6 is 0 Å². The first-order valence-corrected chi connectivity index (χ1v) is 11.0. The number of hydrogen-bond acceptors (Lipinski definition) is 8. The molecule has 0 amide bonds. The van der Waals surface area contributed by atoms with Gasteiger partial charge in [-0.25, -0.2) is 4.79 Å². The molecule has 30 heavy (non-hydrogen) atoms. The van der Waals surface area contributed by atoms with Crippen LogP contribution in [0.1, 0.15) is 97.3 Å². The molecule has 2 heterocycles. The normalized spacial score (nSPS) is 20.5. The van der Waals surface area contributed by atoms with E-state index in [0.29, 0.717) is 6.42 Å². The molecule has 0 N–H and O–H groups in total. The standard InChI is InChI=1S/C16H28O3.C6H6O5/c1-2-3-4-5-6-7-8-9-10-11-12-14-13-15(17)19-16(14)18;1-3(7)10-4-2-5(8)11-6(4)9/h14H,2-13H2,1H3;4H,2H2,1H3/t;4-/m.0/s1. The molecule has 0 saturated carbocycles. The second-order valence-electron chi connectivity index (χ2n) is 7.76. The Morgan fingerprint density at radius 1 is 0.800 bits per heavy atom. The van der Waals surface area contributed by atoms with Gasteiger partial charge >= 0.3 is 29.8 Å². The maximum atomic E-state index is 11.2. The Kier molecular flexibility index (Phi) is 12.6. The molecule has 0 spiro atoms. The summed E-state index contributed by atoms with van der Waals surface area (Å²) in [5, 5.41) is 0. The van der Waals surface area contributed by atoms with Crippen molar-refractivity contribution < 1.29 is 38.2 Å². The van der Waals surface area contributed by atoms with Crippen molar-refractivity contribution in [2.45, 2.75) is 103 Å². The molecule has 2 rings (SSSR count). The zero-order valence-corrected chi connectivity index (χ0v) is 18.1. The van der Waals surface area contributed by atoms with Crippen molar-refractivity contribution in [1.29, 1.82) is 0 Å². The summed E-state index contributed by atoms with van der Waals surface area (Å²) < 4.78 is 13.1. The summed E-state index contributed by atoms with van der Waals surface area (Å²) in [4.78, 5) is 53.5. The Labute approximate surface area is 178 Å². The summed E-state index contributed by atoms with van der Waals surface area (Å²) in [7, 11) is 0. The number of ether oxygens (including phenoxy) is 3. The fourth-order valence-corrected chi connectivity index (χ4v) is 3.36. The van der Waals surface area contributed by atoms with E-state index < -0.39 is 24.0 Å². The van der Waals surface area contributed by atoms with Gasteiger partial charge < -0.3 is 14.2 Å². The third-order valence-corrected chi connectivity index (χ3v) is 5.00.